The Morgan fingerprint density at radius 1 is 1.32 bits per heavy atom. The maximum Gasteiger partial charge on any atom is 0.257 e. The molecule has 5 heteroatoms. The molecule has 0 atom stereocenters. The number of phenols is 1. The van der Waals surface area contributed by atoms with Gasteiger partial charge in [0.1, 0.15) is 11.6 Å². The molecule has 0 saturated carbocycles. The van der Waals surface area contributed by atoms with Crippen LogP contribution < -0.4 is 0 Å². The van der Waals surface area contributed by atoms with Crippen LogP contribution in [0.2, 0.25) is 0 Å². The van der Waals surface area contributed by atoms with Crippen molar-refractivity contribution in [3.8, 4) is 5.75 Å². The Balaban J connectivity index is 2.75. The second-order valence-corrected chi connectivity index (χ2v) is 4.70. The first-order valence-corrected chi connectivity index (χ1v) is 6.38. The highest BCUT2D eigenvalue weighted by molar-refractivity contribution is 5.96. The van der Waals surface area contributed by atoms with Crippen molar-refractivity contribution in [1.29, 1.82) is 0 Å². The third kappa shape index (κ3) is 4.52. The van der Waals surface area contributed by atoms with E-state index in [9.17, 15) is 14.3 Å². The van der Waals surface area contributed by atoms with Crippen LogP contribution in [0.4, 0.5) is 4.39 Å². The smallest absolute Gasteiger partial charge is 0.257 e. The number of phenolic OH excluding ortho intramolecular Hbond substituents is 1. The first-order chi connectivity index (χ1) is 8.95. The molecule has 0 radical (unpaired) electrons. The van der Waals surface area contributed by atoms with Crippen LogP contribution in [-0.2, 0) is 0 Å². The second kappa shape index (κ2) is 7.09. The number of nitrogens with zero attached hydrogens (tertiary/aromatic N) is 2. The van der Waals surface area contributed by atoms with Crippen molar-refractivity contribution < 1.29 is 14.3 Å². The van der Waals surface area contributed by atoms with E-state index in [-0.39, 0.29) is 17.2 Å². The Morgan fingerprint density at radius 3 is 2.58 bits per heavy atom. The fourth-order valence-electron chi connectivity index (χ4n) is 1.83. The molecule has 0 spiro atoms. The van der Waals surface area contributed by atoms with Gasteiger partial charge in [0.25, 0.3) is 5.91 Å². The third-order valence-electron chi connectivity index (χ3n) is 2.89. The van der Waals surface area contributed by atoms with Gasteiger partial charge >= 0.3 is 0 Å². The van der Waals surface area contributed by atoms with Crippen molar-refractivity contribution in [1.82, 2.24) is 9.80 Å². The van der Waals surface area contributed by atoms with E-state index in [4.69, 9.17) is 0 Å². The highest BCUT2D eigenvalue weighted by Gasteiger charge is 2.18. The normalized spacial score (nSPS) is 10.8. The quantitative estimate of drug-likeness (QED) is 0.857. The zero-order valence-corrected chi connectivity index (χ0v) is 11.7. The summed E-state index contributed by atoms with van der Waals surface area (Å²) in [6.07, 6.45) is 0.836. The standard InChI is InChI=1S/C14H21FN2O2/c1-4-17(9-5-8-16(2)3)14(19)12-10-11(15)6-7-13(12)18/h6-7,10,18H,4-5,8-9H2,1-3H3. The molecule has 0 aliphatic heterocycles. The van der Waals surface area contributed by atoms with Gasteiger partial charge in [0.2, 0.25) is 0 Å². The van der Waals surface area contributed by atoms with Crippen molar-refractivity contribution in [3.05, 3.63) is 29.6 Å². The van der Waals surface area contributed by atoms with Crippen LogP contribution in [0.1, 0.15) is 23.7 Å². The lowest BCUT2D eigenvalue weighted by molar-refractivity contribution is 0.0755. The molecule has 19 heavy (non-hydrogen) atoms. The van der Waals surface area contributed by atoms with E-state index in [0.717, 1.165) is 25.1 Å². The number of halogens is 1. The molecule has 106 valence electrons. The third-order valence-corrected chi connectivity index (χ3v) is 2.89. The zero-order chi connectivity index (χ0) is 14.4. The Morgan fingerprint density at radius 2 is 2.00 bits per heavy atom. The van der Waals surface area contributed by atoms with Crippen LogP contribution in [0.15, 0.2) is 18.2 Å². The van der Waals surface area contributed by atoms with E-state index < -0.39 is 5.82 Å². The van der Waals surface area contributed by atoms with Crippen LogP contribution in [0.3, 0.4) is 0 Å². The Hall–Kier alpha value is -1.62. The van der Waals surface area contributed by atoms with Gasteiger partial charge in [-0.25, -0.2) is 4.39 Å². The molecule has 1 amide bonds. The predicted molar refractivity (Wildman–Crippen MR) is 72.8 cm³/mol. The van der Waals surface area contributed by atoms with Gasteiger partial charge in [-0.05, 0) is 52.2 Å². The Bertz CT molecular complexity index is 435. The fourth-order valence-corrected chi connectivity index (χ4v) is 1.83. The van der Waals surface area contributed by atoms with Crippen LogP contribution in [0.25, 0.3) is 0 Å². The molecule has 0 unspecified atom stereocenters. The summed E-state index contributed by atoms with van der Waals surface area (Å²) in [6.45, 7) is 3.86. The molecule has 4 nitrogen and oxygen atoms in total. The topological polar surface area (TPSA) is 43.8 Å². The number of aromatic hydroxyl groups is 1. The van der Waals surface area contributed by atoms with Gasteiger partial charge < -0.3 is 14.9 Å². The van der Waals surface area contributed by atoms with Gasteiger partial charge in [0, 0.05) is 13.1 Å². The van der Waals surface area contributed by atoms with E-state index >= 15 is 0 Å². The molecular weight excluding hydrogens is 247 g/mol. The van der Waals surface area contributed by atoms with E-state index in [0.29, 0.717) is 13.1 Å². The Kier molecular flexibility index (Phi) is 5.76. The van der Waals surface area contributed by atoms with Crippen molar-refractivity contribution in [2.24, 2.45) is 0 Å². The number of hydrogen-bond acceptors (Lipinski definition) is 3. The van der Waals surface area contributed by atoms with Crippen LogP contribution in [-0.4, -0.2) is 54.5 Å². The Labute approximate surface area is 113 Å². The molecule has 1 aromatic carbocycles. The van der Waals surface area contributed by atoms with Gasteiger partial charge in [-0.15, -0.1) is 0 Å². The largest absolute Gasteiger partial charge is 0.507 e. The molecule has 1 aromatic rings. The summed E-state index contributed by atoms with van der Waals surface area (Å²) in [5.74, 6) is -1.04. The molecular formula is C14H21FN2O2. The molecule has 0 saturated heterocycles. The summed E-state index contributed by atoms with van der Waals surface area (Å²) in [5, 5.41) is 9.64. The van der Waals surface area contributed by atoms with E-state index in [1.807, 2.05) is 25.9 Å². The van der Waals surface area contributed by atoms with Gasteiger partial charge in [-0.1, -0.05) is 0 Å². The summed E-state index contributed by atoms with van der Waals surface area (Å²) in [5.41, 5.74) is 0.0201. The van der Waals surface area contributed by atoms with E-state index in [2.05, 4.69) is 0 Å². The molecule has 0 aromatic heterocycles. The van der Waals surface area contributed by atoms with Crippen molar-refractivity contribution >= 4 is 5.91 Å². The first-order valence-electron chi connectivity index (χ1n) is 6.38. The average molecular weight is 268 g/mol. The van der Waals surface area contributed by atoms with Crippen molar-refractivity contribution in [2.45, 2.75) is 13.3 Å². The lowest BCUT2D eigenvalue weighted by Gasteiger charge is -2.22. The maximum absolute atomic E-state index is 13.1. The van der Waals surface area contributed by atoms with Crippen LogP contribution >= 0.6 is 0 Å². The number of hydrogen-bond donors (Lipinski definition) is 1. The highest BCUT2D eigenvalue weighted by Crippen LogP contribution is 2.19. The zero-order valence-electron chi connectivity index (χ0n) is 11.7. The summed E-state index contributed by atoms with van der Waals surface area (Å²) in [4.78, 5) is 15.9. The minimum Gasteiger partial charge on any atom is -0.507 e. The molecule has 0 bridgehead atoms. The SMILES string of the molecule is CCN(CCCN(C)C)C(=O)c1cc(F)ccc1O. The monoisotopic (exact) mass is 268 g/mol. The van der Waals surface area contributed by atoms with E-state index in [1.54, 1.807) is 4.90 Å². The molecule has 1 rings (SSSR count). The number of amides is 1. The van der Waals surface area contributed by atoms with Gasteiger partial charge in [0.05, 0.1) is 5.56 Å². The second-order valence-electron chi connectivity index (χ2n) is 4.70. The van der Waals surface area contributed by atoms with E-state index in [1.165, 1.54) is 6.07 Å². The van der Waals surface area contributed by atoms with Crippen molar-refractivity contribution in [3.63, 3.8) is 0 Å². The molecule has 0 aliphatic rings. The predicted octanol–water partition coefficient (Wildman–Crippen LogP) is 1.95. The summed E-state index contributed by atoms with van der Waals surface area (Å²) < 4.78 is 13.1. The number of benzene rings is 1. The van der Waals surface area contributed by atoms with Gasteiger partial charge in [-0.2, -0.15) is 0 Å². The van der Waals surface area contributed by atoms with Crippen LogP contribution in [0.5, 0.6) is 5.75 Å². The minimum atomic E-state index is -0.523. The highest BCUT2D eigenvalue weighted by atomic mass is 19.1. The molecule has 0 fully saturated rings. The number of carbonyl (C=O) groups excluding carboxylic acids is 1. The molecule has 0 heterocycles. The van der Waals surface area contributed by atoms with Crippen LogP contribution in [0, 0.1) is 5.82 Å². The van der Waals surface area contributed by atoms with Gasteiger partial charge in [-0.3, -0.25) is 4.79 Å². The van der Waals surface area contributed by atoms with Gasteiger partial charge in [0.15, 0.2) is 0 Å². The maximum atomic E-state index is 13.1. The lowest BCUT2D eigenvalue weighted by atomic mass is 10.1. The fraction of sp³-hybridized carbons (Fsp3) is 0.500. The number of carbonyl (C=O) groups is 1. The average Bonchev–Trinajstić information content (AvgIpc) is 2.36. The lowest BCUT2D eigenvalue weighted by Crippen LogP contribution is -2.33. The summed E-state index contributed by atoms with van der Waals surface area (Å²) in [6, 6.07) is 3.41. The van der Waals surface area contributed by atoms with Crippen molar-refractivity contribution in [2.75, 3.05) is 33.7 Å². The molecule has 1 N–H and O–H groups in total. The minimum absolute atomic E-state index is 0.0201. The molecule has 0 aliphatic carbocycles. The summed E-state index contributed by atoms with van der Waals surface area (Å²) >= 11 is 0. The first kappa shape index (κ1) is 15.4. The summed E-state index contributed by atoms with van der Waals surface area (Å²) in [7, 11) is 3.94. The number of rotatable bonds is 6.